The first-order valence-corrected chi connectivity index (χ1v) is 8.54. The summed E-state index contributed by atoms with van der Waals surface area (Å²) in [4.78, 5) is 16.5. The molecule has 0 spiro atoms. The van der Waals surface area contributed by atoms with Gasteiger partial charge in [0.25, 0.3) is 0 Å². The highest BCUT2D eigenvalue weighted by molar-refractivity contribution is 7.14. The van der Waals surface area contributed by atoms with E-state index < -0.39 is 0 Å². The highest BCUT2D eigenvalue weighted by atomic mass is 32.1. The maximum absolute atomic E-state index is 12.0. The predicted octanol–water partition coefficient (Wildman–Crippen LogP) is 4.08. The zero-order chi connectivity index (χ0) is 17.2. The van der Waals surface area contributed by atoms with Crippen molar-refractivity contribution < 1.29 is 4.79 Å². The number of nitriles is 1. The molecule has 1 aromatic heterocycles. The second kappa shape index (κ2) is 6.30. The molecule has 120 valence electrons. The number of rotatable bonds is 3. The van der Waals surface area contributed by atoms with E-state index in [0.29, 0.717) is 17.1 Å². The molecule has 1 aliphatic rings. The molecule has 2 aromatic carbocycles. The van der Waals surface area contributed by atoms with Crippen LogP contribution in [0.3, 0.4) is 0 Å². The Morgan fingerprint density at radius 3 is 2.64 bits per heavy atom. The lowest BCUT2D eigenvalue weighted by atomic mass is 10.1. The minimum atomic E-state index is 0.0913. The zero-order valence-electron chi connectivity index (χ0n) is 13.1. The summed E-state index contributed by atoms with van der Waals surface area (Å²) in [5.41, 5.74) is 7.67. The van der Waals surface area contributed by atoms with E-state index in [1.807, 2.05) is 41.8 Å². The number of carbonyl (C=O) groups is 1. The highest BCUT2D eigenvalue weighted by Gasteiger charge is 2.24. The summed E-state index contributed by atoms with van der Waals surface area (Å²) in [6.07, 6.45) is 0.306. The third-order valence-corrected chi connectivity index (χ3v) is 4.71. The summed E-state index contributed by atoms with van der Waals surface area (Å²) in [6, 6.07) is 16.9. The minimum absolute atomic E-state index is 0.0913. The first kappa shape index (κ1) is 15.2. The standard InChI is InChI=1S/C19H12N4OS/c20-10-12-5-7-13(8-6-12)17-11-25-19(21-17)23-22-16-9-18(24)15-4-2-1-3-14(15)16/h1-8,11H,9H2,(H,21,23)/b22-16+. The second-order valence-electron chi connectivity index (χ2n) is 5.54. The van der Waals surface area contributed by atoms with Crippen molar-refractivity contribution in [3.05, 3.63) is 70.6 Å². The molecule has 0 radical (unpaired) electrons. The van der Waals surface area contributed by atoms with Crippen LogP contribution in [-0.4, -0.2) is 16.5 Å². The van der Waals surface area contributed by atoms with Crippen molar-refractivity contribution in [1.29, 1.82) is 5.26 Å². The molecule has 1 heterocycles. The number of carbonyl (C=O) groups excluding carboxylic acids is 1. The Balaban J connectivity index is 1.54. The van der Waals surface area contributed by atoms with Gasteiger partial charge in [0.1, 0.15) is 0 Å². The Hall–Kier alpha value is -3.30. The molecule has 1 aliphatic carbocycles. The number of hydrazone groups is 1. The number of benzene rings is 2. The van der Waals surface area contributed by atoms with Gasteiger partial charge >= 0.3 is 0 Å². The molecule has 0 bridgehead atoms. The lowest BCUT2D eigenvalue weighted by Gasteiger charge is -1.99. The van der Waals surface area contributed by atoms with Crippen LogP contribution < -0.4 is 5.43 Å². The van der Waals surface area contributed by atoms with E-state index in [1.54, 1.807) is 12.1 Å². The van der Waals surface area contributed by atoms with Crippen molar-refractivity contribution in [2.75, 3.05) is 5.43 Å². The van der Waals surface area contributed by atoms with Gasteiger partial charge in [0, 0.05) is 22.1 Å². The number of thiazole rings is 1. The molecule has 0 atom stereocenters. The molecule has 0 aliphatic heterocycles. The lowest BCUT2D eigenvalue weighted by molar-refractivity contribution is 0.101. The number of fused-ring (bicyclic) bond motifs is 1. The van der Waals surface area contributed by atoms with Crippen molar-refractivity contribution in [1.82, 2.24) is 4.98 Å². The highest BCUT2D eigenvalue weighted by Crippen LogP contribution is 2.26. The van der Waals surface area contributed by atoms with E-state index in [1.165, 1.54) is 11.3 Å². The van der Waals surface area contributed by atoms with Gasteiger partial charge < -0.3 is 0 Å². The average molecular weight is 344 g/mol. The monoisotopic (exact) mass is 344 g/mol. The smallest absolute Gasteiger partial charge is 0.203 e. The van der Waals surface area contributed by atoms with Crippen molar-refractivity contribution >= 4 is 28.0 Å². The zero-order valence-corrected chi connectivity index (χ0v) is 13.9. The van der Waals surface area contributed by atoms with Crippen LogP contribution in [0.4, 0.5) is 5.13 Å². The van der Waals surface area contributed by atoms with E-state index in [9.17, 15) is 4.79 Å². The topological polar surface area (TPSA) is 78.1 Å². The normalized spacial score (nSPS) is 14.4. The van der Waals surface area contributed by atoms with Crippen molar-refractivity contribution in [3.8, 4) is 17.3 Å². The molecule has 3 aromatic rings. The number of Topliss-reactive ketones (excluding diaryl/α,β-unsaturated/α-hetero) is 1. The predicted molar refractivity (Wildman–Crippen MR) is 97.8 cm³/mol. The number of nitrogens with zero attached hydrogens (tertiary/aromatic N) is 3. The Bertz CT molecular complexity index is 1030. The molecule has 0 fully saturated rings. The van der Waals surface area contributed by atoms with Crippen LogP contribution in [0.1, 0.15) is 27.9 Å². The summed E-state index contributed by atoms with van der Waals surface area (Å²) < 4.78 is 0. The van der Waals surface area contributed by atoms with Crippen LogP contribution in [-0.2, 0) is 0 Å². The summed E-state index contributed by atoms with van der Waals surface area (Å²) in [6.45, 7) is 0. The van der Waals surface area contributed by atoms with Gasteiger partial charge in [0.05, 0.1) is 29.5 Å². The summed E-state index contributed by atoms with van der Waals surface area (Å²) >= 11 is 1.44. The van der Waals surface area contributed by atoms with Gasteiger partial charge in [-0.15, -0.1) is 11.3 Å². The maximum atomic E-state index is 12.0. The van der Waals surface area contributed by atoms with E-state index in [0.717, 1.165) is 28.1 Å². The first-order valence-electron chi connectivity index (χ1n) is 7.66. The maximum Gasteiger partial charge on any atom is 0.203 e. The van der Waals surface area contributed by atoms with Crippen molar-refractivity contribution in [3.63, 3.8) is 0 Å². The van der Waals surface area contributed by atoms with E-state index in [-0.39, 0.29) is 5.78 Å². The van der Waals surface area contributed by atoms with Crippen LogP contribution >= 0.6 is 11.3 Å². The summed E-state index contributed by atoms with van der Waals surface area (Å²) in [5, 5.41) is 15.8. The van der Waals surface area contributed by atoms with E-state index in [2.05, 4.69) is 21.6 Å². The lowest BCUT2D eigenvalue weighted by Crippen LogP contribution is -2.00. The van der Waals surface area contributed by atoms with E-state index >= 15 is 0 Å². The van der Waals surface area contributed by atoms with Crippen molar-refractivity contribution in [2.24, 2.45) is 5.10 Å². The molecule has 0 saturated carbocycles. The molecule has 25 heavy (non-hydrogen) atoms. The fraction of sp³-hybridized carbons (Fsp3) is 0.0526. The number of ketones is 1. The third-order valence-electron chi connectivity index (χ3n) is 3.97. The SMILES string of the molecule is N#Cc1ccc(-c2csc(N/N=C3\CC(=O)c4ccccc43)n2)cc1. The number of hydrogen-bond acceptors (Lipinski definition) is 6. The number of anilines is 1. The van der Waals surface area contributed by atoms with Gasteiger partial charge in [-0.2, -0.15) is 10.4 Å². The summed E-state index contributed by atoms with van der Waals surface area (Å²) in [5.74, 6) is 0.0913. The molecular weight excluding hydrogens is 332 g/mol. The van der Waals surface area contributed by atoms with Crippen LogP contribution in [0, 0.1) is 11.3 Å². The molecule has 1 N–H and O–H groups in total. The van der Waals surface area contributed by atoms with Crippen LogP contribution in [0.15, 0.2) is 59.0 Å². The summed E-state index contributed by atoms with van der Waals surface area (Å²) in [7, 11) is 0. The molecule has 0 saturated heterocycles. The molecule has 6 heteroatoms. The Morgan fingerprint density at radius 1 is 1.12 bits per heavy atom. The molecule has 0 amide bonds. The fourth-order valence-electron chi connectivity index (χ4n) is 2.71. The molecule has 4 rings (SSSR count). The van der Waals surface area contributed by atoms with Gasteiger partial charge in [-0.05, 0) is 12.1 Å². The van der Waals surface area contributed by atoms with Gasteiger partial charge in [-0.25, -0.2) is 4.98 Å². The van der Waals surface area contributed by atoms with Gasteiger partial charge in [-0.3, -0.25) is 10.2 Å². The minimum Gasteiger partial charge on any atom is -0.294 e. The molecule has 0 unspecified atom stereocenters. The number of nitrogens with one attached hydrogen (secondary N) is 1. The van der Waals surface area contributed by atoms with E-state index in [4.69, 9.17) is 5.26 Å². The van der Waals surface area contributed by atoms with Crippen LogP contribution in [0.5, 0.6) is 0 Å². The van der Waals surface area contributed by atoms with Crippen LogP contribution in [0.25, 0.3) is 11.3 Å². The van der Waals surface area contributed by atoms with Crippen molar-refractivity contribution in [2.45, 2.75) is 6.42 Å². The number of hydrogen-bond donors (Lipinski definition) is 1. The average Bonchev–Trinajstić information content (AvgIpc) is 3.25. The second-order valence-corrected chi connectivity index (χ2v) is 6.40. The molecular formula is C19H12N4OS. The van der Waals surface area contributed by atoms with Gasteiger partial charge in [-0.1, -0.05) is 36.4 Å². The Morgan fingerprint density at radius 2 is 1.88 bits per heavy atom. The fourth-order valence-corrected chi connectivity index (χ4v) is 3.37. The Kier molecular flexibility index (Phi) is 3.84. The molecule has 5 nitrogen and oxygen atoms in total. The Labute approximate surface area is 148 Å². The third kappa shape index (κ3) is 2.93. The van der Waals surface area contributed by atoms with Gasteiger partial charge in [0.15, 0.2) is 5.78 Å². The number of aromatic nitrogens is 1. The van der Waals surface area contributed by atoms with Gasteiger partial charge in [0.2, 0.25) is 5.13 Å². The van der Waals surface area contributed by atoms with Crippen LogP contribution in [0.2, 0.25) is 0 Å². The first-order chi connectivity index (χ1) is 12.2. The quantitative estimate of drug-likeness (QED) is 0.726. The largest absolute Gasteiger partial charge is 0.294 e.